The van der Waals surface area contributed by atoms with E-state index in [-0.39, 0.29) is 21.7 Å². The maximum absolute atomic E-state index is 12.7. The maximum atomic E-state index is 12.7. The molecule has 0 spiro atoms. The molecule has 12 heteroatoms. The van der Waals surface area contributed by atoms with E-state index in [0.717, 1.165) is 32.0 Å². The summed E-state index contributed by atoms with van der Waals surface area (Å²) in [6.07, 6.45) is 1.78. The number of thioether (sulfide) groups is 1. The van der Waals surface area contributed by atoms with Crippen LogP contribution in [-0.4, -0.2) is 60.7 Å². The highest BCUT2D eigenvalue weighted by Gasteiger charge is 2.29. The van der Waals surface area contributed by atoms with Crippen LogP contribution in [0.3, 0.4) is 0 Å². The van der Waals surface area contributed by atoms with Gasteiger partial charge in [-0.15, -0.1) is 0 Å². The van der Waals surface area contributed by atoms with Gasteiger partial charge in [0.25, 0.3) is 0 Å². The highest BCUT2D eigenvalue weighted by Crippen LogP contribution is 2.39. The summed E-state index contributed by atoms with van der Waals surface area (Å²) in [7, 11) is 3.76. The van der Waals surface area contributed by atoms with E-state index in [4.69, 9.17) is 11.6 Å². The van der Waals surface area contributed by atoms with Crippen molar-refractivity contribution in [3.05, 3.63) is 53.7 Å². The second-order valence-corrected chi connectivity index (χ2v) is 9.33. The van der Waals surface area contributed by atoms with Gasteiger partial charge in [0.1, 0.15) is 17.5 Å². The molecule has 34 heavy (non-hydrogen) atoms. The predicted molar refractivity (Wildman–Crippen MR) is 132 cm³/mol. The quantitative estimate of drug-likeness (QED) is 0.451. The molecule has 1 aliphatic heterocycles. The molecule has 180 valence electrons. The Balaban J connectivity index is 1.52. The highest BCUT2D eigenvalue weighted by atomic mass is 35.5. The van der Waals surface area contributed by atoms with Crippen LogP contribution in [0, 0.1) is 0 Å². The fourth-order valence-corrected chi connectivity index (χ4v) is 4.34. The van der Waals surface area contributed by atoms with Crippen molar-refractivity contribution in [2.75, 3.05) is 60.3 Å². The molecule has 3 heterocycles. The number of pyridine rings is 1. The van der Waals surface area contributed by atoms with Gasteiger partial charge in [-0.25, -0.2) is 4.98 Å². The number of nitrogens with one attached hydrogen (secondary N) is 1. The smallest absolute Gasteiger partial charge is 0.363 e. The molecule has 1 aliphatic rings. The van der Waals surface area contributed by atoms with Gasteiger partial charge in [0, 0.05) is 57.4 Å². The number of halogens is 4. The number of alkyl halides is 3. The SMILES string of the molecule is CN(C)c1cc(Nc2ccc(SC(F)(F)F)cc2Cl)nc(N2CCN(c3ccccn3)CC2)n1. The summed E-state index contributed by atoms with van der Waals surface area (Å²) >= 11 is 6.05. The van der Waals surface area contributed by atoms with Crippen LogP contribution in [0.2, 0.25) is 5.02 Å². The first-order valence-corrected chi connectivity index (χ1v) is 11.7. The van der Waals surface area contributed by atoms with Crippen LogP contribution in [0.4, 0.5) is 42.3 Å². The minimum absolute atomic E-state index is 0.0196. The first-order chi connectivity index (χ1) is 16.2. The highest BCUT2D eigenvalue weighted by molar-refractivity contribution is 8.00. The number of piperazine rings is 1. The summed E-state index contributed by atoms with van der Waals surface area (Å²) in [4.78, 5) is 19.9. The van der Waals surface area contributed by atoms with Gasteiger partial charge in [-0.05, 0) is 42.1 Å². The van der Waals surface area contributed by atoms with E-state index < -0.39 is 5.51 Å². The van der Waals surface area contributed by atoms with Gasteiger partial charge in [-0.2, -0.15) is 23.1 Å². The van der Waals surface area contributed by atoms with Gasteiger partial charge in [0.05, 0.1) is 10.7 Å². The third-order valence-corrected chi connectivity index (χ3v) is 6.17. The van der Waals surface area contributed by atoms with Crippen molar-refractivity contribution in [3.63, 3.8) is 0 Å². The zero-order chi connectivity index (χ0) is 24.3. The first-order valence-electron chi connectivity index (χ1n) is 10.5. The van der Waals surface area contributed by atoms with Crippen LogP contribution in [0.15, 0.2) is 53.6 Å². The van der Waals surface area contributed by atoms with Gasteiger partial charge in [0.15, 0.2) is 0 Å². The second kappa shape index (κ2) is 10.1. The van der Waals surface area contributed by atoms with Crippen LogP contribution < -0.4 is 20.0 Å². The Hall–Kier alpha value is -2.92. The molecule has 1 fully saturated rings. The topological polar surface area (TPSA) is 60.4 Å². The lowest BCUT2D eigenvalue weighted by atomic mass is 10.3. The fourth-order valence-electron chi connectivity index (χ4n) is 3.47. The summed E-state index contributed by atoms with van der Waals surface area (Å²) in [6.45, 7) is 2.99. The molecule has 7 nitrogen and oxygen atoms in total. The number of benzene rings is 1. The molecule has 0 bridgehead atoms. The normalized spacial score (nSPS) is 14.3. The Labute approximate surface area is 205 Å². The van der Waals surface area contributed by atoms with Crippen LogP contribution in [0.25, 0.3) is 0 Å². The lowest BCUT2D eigenvalue weighted by Crippen LogP contribution is -2.47. The van der Waals surface area contributed by atoms with Gasteiger partial charge in [-0.1, -0.05) is 17.7 Å². The van der Waals surface area contributed by atoms with E-state index in [2.05, 4.69) is 30.1 Å². The molecule has 0 amide bonds. The molecule has 0 atom stereocenters. The number of aromatic nitrogens is 3. The molecule has 0 saturated carbocycles. The lowest BCUT2D eigenvalue weighted by Gasteiger charge is -2.35. The van der Waals surface area contributed by atoms with E-state index in [1.54, 1.807) is 12.3 Å². The molecule has 0 aliphatic carbocycles. The Morgan fingerprint density at radius 3 is 2.35 bits per heavy atom. The van der Waals surface area contributed by atoms with E-state index in [0.29, 0.717) is 23.3 Å². The Kier molecular flexibility index (Phi) is 7.22. The van der Waals surface area contributed by atoms with Gasteiger partial charge >= 0.3 is 5.51 Å². The number of hydrogen-bond donors (Lipinski definition) is 1. The minimum atomic E-state index is -4.37. The number of anilines is 5. The van der Waals surface area contributed by atoms with Crippen LogP contribution in [-0.2, 0) is 0 Å². The van der Waals surface area contributed by atoms with E-state index in [1.165, 1.54) is 18.2 Å². The number of hydrogen-bond acceptors (Lipinski definition) is 8. The summed E-state index contributed by atoms with van der Waals surface area (Å²) in [5.74, 6) is 2.70. The first kappa shape index (κ1) is 24.2. The zero-order valence-electron chi connectivity index (χ0n) is 18.6. The van der Waals surface area contributed by atoms with E-state index >= 15 is 0 Å². The molecular formula is C22H23ClF3N7S. The largest absolute Gasteiger partial charge is 0.446 e. The van der Waals surface area contributed by atoms with Crippen molar-refractivity contribution in [1.29, 1.82) is 0 Å². The molecule has 1 saturated heterocycles. The van der Waals surface area contributed by atoms with E-state index in [1.807, 2.05) is 37.2 Å². The monoisotopic (exact) mass is 509 g/mol. The fraction of sp³-hybridized carbons (Fsp3) is 0.318. The van der Waals surface area contributed by atoms with Crippen molar-refractivity contribution in [3.8, 4) is 0 Å². The zero-order valence-corrected chi connectivity index (χ0v) is 20.1. The summed E-state index contributed by atoms with van der Waals surface area (Å²) in [5.41, 5.74) is -3.91. The van der Waals surface area contributed by atoms with Crippen molar-refractivity contribution in [1.82, 2.24) is 15.0 Å². The molecule has 0 unspecified atom stereocenters. The minimum Gasteiger partial charge on any atom is -0.363 e. The Bertz CT molecular complexity index is 1120. The summed E-state index contributed by atoms with van der Waals surface area (Å²) in [5, 5.41) is 3.30. The van der Waals surface area contributed by atoms with E-state index in [9.17, 15) is 13.2 Å². The van der Waals surface area contributed by atoms with Gasteiger partial charge in [0.2, 0.25) is 5.95 Å². The Morgan fingerprint density at radius 1 is 1.00 bits per heavy atom. The predicted octanol–water partition coefficient (Wildman–Crippen LogP) is 5.27. The molecule has 0 radical (unpaired) electrons. The summed E-state index contributed by atoms with van der Waals surface area (Å²) in [6, 6.07) is 11.8. The number of nitrogens with zero attached hydrogens (tertiary/aromatic N) is 6. The molecule has 1 N–H and O–H groups in total. The van der Waals surface area contributed by atoms with Crippen molar-refractivity contribution in [2.45, 2.75) is 10.4 Å². The Morgan fingerprint density at radius 2 is 1.74 bits per heavy atom. The number of rotatable bonds is 6. The summed E-state index contributed by atoms with van der Waals surface area (Å²) < 4.78 is 38.0. The van der Waals surface area contributed by atoms with Gasteiger partial charge < -0.3 is 20.0 Å². The van der Waals surface area contributed by atoms with Crippen LogP contribution >= 0.6 is 23.4 Å². The molecule has 3 aromatic rings. The third kappa shape index (κ3) is 6.15. The van der Waals surface area contributed by atoms with Crippen molar-refractivity contribution in [2.24, 2.45) is 0 Å². The van der Waals surface area contributed by atoms with Crippen molar-refractivity contribution < 1.29 is 13.2 Å². The molecule has 1 aromatic carbocycles. The third-order valence-electron chi connectivity index (χ3n) is 5.13. The maximum Gasteiger partial charge on any atom is 0.446 e. The van der Waals surface area contributed by atoms with Crippen LogP contribution in [0.1, 0.15) is 0 Å². The average molecular weight is 510 g/mol. The van der Waals surface area contributed by atoms with Gasteiger partial charge in [-0.3, -0.25) is 0 Å². The van der Waals surface area contributed by atoms with Crippen LogP contribution in [0.5, 0.6) is 0 Å². The molecular weight excluding hydrogens is 487 g/mol. The second-order valence-electron chi connectivity index (χ2n) is 7.78. The average Bonchev–Trinajstić information content (AvgIpc) is 2.80. The lowest BCUT2D eigenvalue weighted by molar-refractivity contribution is -0.0328. The van der Waals surface area contributed by atoms with Crippen molar-refractivity contribution >= 4 is 52.5 Å². The molecule has 4 rings (SSSR count). The molecule has 2 aromatic heterocycles. The standard InChI is InChI=1S/C22H23ClF3N7S/c1-31(2)20-14-18(28-17-7-6-15(13-16(17)23)34-22(24,25)26)29-21(30-20)33-11-9-32(10-12-33)19-5-3-4-8-27-19/h3-8,13-14H,9-12H2,1-2H3,(H,28,29,30).